The van der Waals surface area contributed by atoms with Crippen LogP contribution < -0.4 is 15.4 Å². The van der Waals surface area contributed by atoms with Crippen LogP contribution in [0.15, 0.2) is 23.1 Å². The quantitative estimate of drug-likeness (QED) is 0.743. The van der Waals surface area contributed by atoms with E-state index in [-0.39, 0.29) is 4.90 Å². The van der Waals surface area contributed by atoms with Crippen molar-refractivity contribution in [2.75, 3.05) is 23.7 Å². The lowest BCUT2D eigenvalue weighted by Gasteiger charge is -2.25. The van der Waals surface area contributed by atoms with E-state index in [1.54, 1.807) is 19.1 Å². The molecule has 1 aliphatic rings. The molecule has 3 N–H and O–H groups in total. The first-order valence-corrected chi connectivity index (χ1v) is 8.50. The Bertz CT molecular complexity index is 647. The Hall–Kier alpha value is -1.78. The number of nitrogens with two attached hydrogens (primary N) is 1. The first-order valence-electron chi connectivity index (χ1n) is 7.02. The molecule has 0 atom stereocenters. The maximum atomic E-state index is 12.1. The first kappa shape index (κ1) is 15.6. The highest BCUT2D eigenvalue weighted by Crippen LogP contribution is 2.36. The second-order valence-corrected chi connectivity index (χ2v) is 6.82. The summed E-state index contributed by atoms with van der Waals surface area (Å²) >= 11 is 0. The number of sulfonamides is 1. The average molecular weight is 308 g/mol. The van der Waals surface area contributed by atoms with Crippen LogP contribution in [0.5, 0.6) is 0 Å². The molecule has 0 heterocycles. The summed E-state index contributed by atoms with van der Waals surface area (Å²) in [4.78, 5) is 2.25. The highest BCUT2D eigenvalue weighted by atomic mass is 32.2. The summed E-state index contributed by atoms with van der Waals surface area (Å²) in [6, 6.07) is 7.20. The van der Waals surface area contributed by atoms with Crippen molar-refractivity contribution in [1.29, 1.82) is 5.26 Å². The molecule has 6 nitrogen and oxygen atoms in total. The van der Waals surface area contributed by atoms with Gasteiger partial charge in [0.05, 0.1) is 28.8 Å². The Morgan fingerprint density at radius 2 is 2.19 bits per heavy atom. The van der Waals surface area contributed by atoms with Gasteiger partial charge in [-0.25, -0.2) is 13.1 Å². The molecule has 1 aromatic rings. The van der Waals surface area contributed by atoms with E-state index in [1.807, 2.05) is 4.90 Å². The Labute approximate surface area is 125 Å². The van der Waals surface area contributed by atoms with Crippen LogP contribution in [0.3, 0.4) is 0 Å². The van der Waals surface area contributed by atoms with E-state index in [0.29, 0.717) is 36.9 Å². The van der Waals surface area contributed by atoms with Gasteiger partial charge in [0, 0.05) is 19.1 Å². The summed E-state index contributed by atoms with van der Waals surface area (Å²) in [6.45, 7) is 2.64. The van der Waals surface area contributed by atoms with Crippen LogP contribution in [0.1, 0.15) is 26.2 Å². The van der Waals surface area contributed by atoms with Crippen LogP contribution in [-0.2, 0) is 10.0 Å². The maximum Gasteiger partial charge on any atom is 0.240 e. The Morgan fingerprint density at radius 1 is 1.48 bits per heavy atom. The van der Waals surface area contributed by atoms with Gasteiger partial charge in [0.25, 0.3) is 0 Å². The van der Waals surface area contributed by atoms with Crippen LogP contribution in [0.2, 0.25) is 0 Å². The largest absolute Gasteiger partial charge is 0.397 e. The summed E-state index contributed by atoms with van der Waals surface area (Å²) in [5, 5.41) is 8.77. The zero-order valence-electron chi connectivity index (χ0n) is 12.0. The van der Waals surface area contributed by atoms with Crippen LogP contribution in [0, 0.1) is 11.3 Å². The highest BCUT2D eigenvalue weighted by molar-refractivity contribution is 7.89. The van der Waals surface area contributed by atoms with E-state index < -0.39 is 10.0 Å². The number of hydrogen-bond donors (Lipinski definition) is 2. The standard InChI is InChI=1S/C14H20N4O2S/c1-2-17-21(19,20)12-6-7-13(16)14(10-12)18(9-3-8-15)11-4-5-11/h6-7,10-11,17H,2-5,9,16H2,1H3. The number of nitrogens with one attached hydrogen (secondary N) is 1. The van der Waals surface area contributed by atoms with Crippen molar-refractivity contribution in [2.45, 2.75) is 37.1 Å². The average Bonchev–Trinajstić information content (AvgIpc) is 3.25. The molecule has 1 saturated carbocycles. The molecule has 7 heteroatoms. The van der Waals surface area contributed by atoms with E-state index in [1.165, 1.54) is 6.07 Å². The number of nitrogen functional groups attached to an aromatic ring is 1. The lowest BCUT2D eigenvalue weighted by Crippen LogP contribution is -2.28. The minimum Gasteiger partial charge on any atom is -0.397 e. The molecule has 1 aromatic carbocycles. The topological polar surface area (TPSA) is 99.2 Å². The molecule has 1 aliphatic carbocycles. The van der Waals surface area contributed by atoms with Gasteiger partial charge in [-0.15, -0.1) is 0 Å². The normalized spacial score (nSPS) is 14.7. The lowest BCUT2D eigenvalue weighted by atomic mass is 10.2. The van der Waals surface area contributed by atoms with E-state index in [9.17, 15) is 8.42 Å². The third-order valence-corrected chi connectivity index (χ3v) is 4.95. The molecule has 0 amide bonds. The third kappa shape index (κ3) is 3.65. The van der Waals surface area contributed by atoms with Crippen molar-refractivity contribution >= 4 is 21.4 Å². The Balaban J connectivity index is 2.36. The summed E-state index contributed by atoms with van der Waals surface area (Å²) in [7, 11) is -3.51. The van der Waals surface area contributed by atoms with Crippen LogP contribution in [-0.4, -0.2) is 27.5 Å². The van der Waals surface area contributed by atoms with Crippen LogP contribution >= 0.6 is 0 Å². The van der Waals surface area contributed by atoms with Crippen LogP contribution in [0.25, 0.3) is 0 Å². The monoisotopic (exact) mass is 308 g/mol. The van der Waals surface area contributed by atoms with Gasteiger partial charge in [0.1, 0.15) is 0 Å². The number of anilines is 2. The molecular weight excluding hydrogens is 288 g/mol. The van der Waals surface area contributed by atoms with Gasteiger partial charge in [0.15, 0.2) is 0 Å². The van der Waals surface area contributed by atoms with Gasteiger partial charge < -0.3 is 10.6 Å². The maximum absolute atomic E-state index is 12.1. The van der Waals surface area contributed by atoms with Crippen molar-refractivity contribution in [1.82, 2.24) is 4.72 Å². The van der Waals surface area contributed by atoms with E-state index in [4.69, 9.17) is 11.0 Å². The molecular formula is C14H20N4O2S. The zero-order chi connectivity index (χ0) is 15.5. The van der Waals surface area contributed by atoms with Crippen LogP contribution in [0.4, 0.5) is 11.4 Å². The second kappa shape index (κ2) is 6.33. The fourth-order valence-electron chi connectivity index (χ4n) is 2.27. The summed E-state index contributed by atoms with van der Waals surface area (Å²) in [5.74, 6) is 0. The zero-order valence-corrected chi connectivity index (χ0v) is 12.9. The summed E-state index contributed by atoms with van der Waals surface area (Å²) < 4.78 is 26.7. The van der Waals surface area contributed by atoms with E-state index in [0.717, 1.165) is 12.8 Å². The van der Waals surface area contributed by atoms with E-state index >= 15 is 0 Å². The second-order valence-electron chi connectivity index (χ2n) is 5.05. The predicted molar refractivity (Wildman–Crippen MR) is 82.3 cm³/mol. The molecule has 114 valence electrons. The smallest absolute Gasteiger partial charge is 0.240 e. The number of hydrogen-bond acceptors (Lipinski definition) is 5. The molecule has 21 heavy (non-hydrogen) atoms. The van der Waals surface area contributed by atoms with Gasteiger partial charge in [-0.3, -0.25) is 0 Å². The summed E-state index contributed by atoms with van der Waals surface area (Å²) in [5.41, 5.74) is 7.24. The SMILES string of the molecule is CCNS(=O)(=O)c1ccc(N)c(N(CCC#N)C2CC2)c1. The van der Waals surface area contributed by atoms with Crippen molar-refractivity contribution in [3.63, 3.8) is 0 Å². The van der Waals surface area contributed by atoms with Crippen molar-refractivity contribution in [3.8, 4) is 6.07 Å². The van der Waals surface area contributed by atoms with Crippen molar-refractivity contribution in [2.24, 2.45) is 0 Å². The fourth-order valence-corrected chi connectivity index (χ4v) is 3.33. The van der Waals surface area contributed by atoms with Gasteiger partial charge in [-0.1, -0.05) is 6.92 Å². The first-order chi connectivity index (χ1) is 9.99. The molecule has 0 aliphatic heterocycles. The molecule has 0 bridgehead atoms. The number of nitrogens with zero attached hydrogens (tertiary/aromatic N) is 2. The lowest BCUT2D eigenvalue weighted by molar-refractivity contribution is 0.584. The molecule has 2 rings (SSSR count). The Morgan fingerprint density at radius 3 is 2.76 bits per heavy atom. The van der Waals surface area contributed by atoms with E-state index in [2.05, 4.69) is 10.8 Å². The minimum atomic E-state index is -3.51. The summed E-state index contributed by atoms with van der Waals surface area (Å²) in [6.07, 6.45) is 2.49. The highest BCUT2D eigenvalue weighted by Gasteiger charge is 2.30. The number of nitriles is 1. The minimum absolute atomic E-state index is 0.205. The molecule has 1 fully saturated rings. The molecule has 0 radical (unpaired) electrons. The number of benzene rings is 1. The predicted octanol–water partition coefficient (Wildman–Crippen LogP) is 1.45. The molecule has 0 unspecified atom stereocenters. The third-order valence-electron chi connectivity index (χ3n) is 3.41. The van der Waals surface area contributed by atoms with Gasteiger partial charge >= 0.3 is 0 Å². The number of rotatable bonds is 7. The van der Waals surface area contributed by atoms with Gasteiger partial charge in [-0.2, -0.15) is 5.26 Å². The molecule has 0 aromatic heterocycles. The van der Waals surface area contributed by atoms with Gasteiger partial charge in [-0.05, 0) is 31.0 Å². The van der Waals surface area contributed by atoms with Gasteiger partial charge in [0.2, 0.25) is 10.0 Å². The molecule has 0 spiro atoms. The van der Waals surface area contributed by atoms with Crippen molar-refractivity contribution < 1.29 is 8.42 Å². The van der Waals surface area contributed by atoms with Crippen molar-refractivity contribution in [3.05, 3.63) is 18.2 Å². The fraction of sp³-hybridized carbons (Fsp3) is 0.500. The Kier molecular flexibility index (Phi) is 4.70. The molecule has 0 saturated heterocycles.